The van der Waals surface area contributed by atoms with Crippen molar-refractivity contribution in [2.45, 2.75) is 19.9 Å². The molecule has 0 aliphatic carbocycles. The molecule has 0 atom stereocenters. The van der Waals surface area contributed by atoms with Gasteiger partial charge in [-0.15, -0.1) is 0 Å². The molecule has 1 aromatic heterocycles. The highest BCUT2D eigenvalue weighted by Gasteiger charge is 2.18. The van der Waals surface area contributed by atoms with Crippen LogP contribution in [0.15, 0.2) is 29.1 Å². The number of likely N-dealkylation sites (N-methyl/N-ethyl adjacent to an activating group) is 1. The summed E-state index contributed by atoms with van der Waals surface area (Å²) in [6.45, 7) is 8.12. The molecule has 1 aromatic carbocycles. The number of carbonyl (C=O) groups excluding carboxylic acids is 1. The number of aromatic nitrogens is 2. The van der Waals surface area contributed by atoms with Gasteiger partial charge in [0.2, 0.25) is 0 Å². The van der Waals surface area contributed by atoms with Gasteiger partial charge in [0.1, 0.15) is 0 Å². The summed E-state index contributed by atoms with van der Waals surface area (Å²) < 4.78 is 2.93. The highest BCUT2D eigenvalue weighted by molar-refractivity contribution is 5.89. The summed E-state index contributed by atoms with van der Waals surface area (Å²) in [4.78, 5) is 29.9. The highest BCUT2D eigenvalue weighted by atomic mass is 16.2. The van der Waals surface area contributed by atoms with Crippen molar-refractivity contribution in [2.75, 3.05) is 46.3 Å². The lowest BCUT2D eigenvalue weighted by atomic mass is 10.3. The van der Waals surface area contributed by atoms with E-state index in [9.17, 15) is 9.59 Å². The zero-order valence-corrected chi connectivity index (χ0v) is 15.1. The first-order valence-corrected chi connectivity index (χ1v) is 9.01. The van der Waals surface area contributed by atoms with Gasteiger partial charge in [0.25, 0.3) is 0 Å². The van der Waals surface area contributed by atoms with Gasteiger partial charge in [0.05, 0.1) is 11.0 Å². The Morgan fingerprint density at radius 3 is 2.44 bits per heavy atom. The number of rotatable bonds is 5. The Labute approximate surface area is 147 Å². The lowest BCUT2D eigenvalue weighted by Crippen LogP contribution is -2.47. The Balaban J connectivity index is 1.70. The van der Waals surface area contributed by atoms with Crippen molar-refractivity contribution in [3.63, 3.8) is 0 Å². The molecule has 1 fully saturated rings. The summed E-state index contributed by atoms with van der Waals surface area (Å²) in [6.07, 6.45) is 0.846. The number of imidazole rings is 1. The molecule has 1 saturated heterocycles. The van der Waals surface area contributed by atoms with Crippen molar-refractivity contribution in [1.29, 1.82) is 0 Å². The molecule has 0 saturated carbocycles. The lowest BCUT2D eigenvalue weighted by Gasteiger charge is -2.32. The van der Waals surface area contributed by atoms with Gasteiger partial charge in [-0.1, -0.05) is 19.1 Å². The molecule has 0 unspecified atom stereocenters. The van der Waals surface area contributed by atoms with Gasteiger partial charge in [-0.3, -0.25) is 9.47 Å². The van der Waals surface area contributed by atoms with Crippen molar-refractivity contribution in [3.8, 4) is 0 Å². The van der Waals surface area contributed by atoms with E-state index in [1.807, 2.05) is 31.2 Å². The Morgan fingerprint density at radius 1 is 1.08 bits per heavy atom. The minimum absolute atomic E-state index is 0.264. The third-order valence-corrected chi connectivity index (χ3v) is 4.79. The summed E-state index contributed by atoms with van der Waals surface area (Å²) >= 11 is 0. The van der Waals surface area contributed by atoms with Gasteiger partial charge < -0.3 is 10.2 Å². The molecule has 1 amide bonds. The minimum atomic E-state index is -0.342. The molecule has 0 bridgehead atoms. The zero-order valence-electron chi connectivity index (χ0n) is 15.1. The predicted molar refractivity (Wildman–Crippen MR) is 99.2 cm³/mol. The quantitative estimate of drug-likeness (QED) is 0.879. The molecule has 3 rings (SSSR count). The number of benzene rings is 1. The summed E-state index contributed by atoms with van der Waals surface area (Å²) in [5.74, 6) is 0. The van der Waals surface area contributed by atoms with E-state index >= 15 is 0 Å². The number of fused-ring (bicyclic) bond motifs is 1. The first kappa shape index (κ1) is 17.7. The number of carbonyl (C=O) groups is 1. The number of hydrogen-bond acceptors (Lipinski definition) is 4. The topological polar surface area (TPSA) is 62.5 Å². The van der Waals surface area contributed by atoms with Crippen molar-refractivity contribution in [2.24, 2.45) is 0 Å². The van der Waals surface area contributed by atoms with Crippen molar-refractivity contribution in [1.82, 2.24) is 24.3 Å². The SMILES string of the molecule is CCCn1c(=O)n(C(=O)NCCN2CCN(C)CC2)c2ccccc21. The summed E-state index contributed by atoms with van der Waals surface area (Å²) in [7, 11) is 2.12. The first-order chi connectivity index (χ1) is 12.1. The van der Waals surface area contributed by atoms with E-state index in [0.717, 1.165) is 44.7 Å². The molecule has 1 aliphatic heterocycles. The van der Waals surface area contributed by atoms with E-state index in [2.05, 4.69) is 22.2 Å². The third kappa shape index (κ3) is 3.77. The van der Waals surface area contributed by atoms with Crippen LogP contribution in [0.1, 0.15) is 13.3 Å². The molecule has 2 aromatic rings. The van der Waals surface area contributed by atoms with Gasteiger partial charge in [-0.2, -0.15) is 0 Å². The van der Waals surface area contributed by atoms with Crippen molar-refractivity contribution in [3.05, 3.63) is 34.7 Å². The minimum Gasteiger partial charge on any atom is -0.336 e. The van der Waals surface area contributed by atoms with Gasteiger partial charge in [0, 0.05) is 45.8 Å². The number of piperazine rings is 1. The maximum Gasteiger partial charge on any atom is 0.337 e. The Kier molecular flexibility index (Phi) is 5.55. The third-order valence-electron chi connectivity index (χ3n) is 4.79. The molecule has 7 heteroatoms. The maximum atomic E-state index is 12.7. The average molecular weight is 345 g/mol. The summed E-state index contributed by atoms with van der Waals surface area (Å²) in [5.41, 5.74) is 1.21. The van der Waals surface area contributed by atoms with E-state index in [-0.39, 0.29) is 11.7 Å². The van der Waals surface area contributed by atoms with Gasteiger partial charge in [-0.05, 0) is 25.6 Å². The summed E-state index contributed by atoms with van der Waals surface area (Å²) in [5, 5.41) is 2.90. The molecule has 0 spiro atoms. The van der Waals surface area contributed by atoms with Crippen LogP contribution in [0.3, 0.4) is 0 Å². The van der Waals surface area contributed by atoms with E-state index in [4.69, 9.17) is 0 Å². The average Bonchev–Trinajstić information content (AvgIpc) is 2.89. The van der Waals surface area contributed by atoms with Crippen molar-refractivity contribution < 1.29 is 4.79 Å². The van der Waals surface area contributed by atoms with Crippen LogP contribution in [0.25, 0.3) is 11.0 Å². The Bertz CT molecular complexity index is 786. The van der Waals surface area contributed by atoms with Crippen LogP contribution < -0.4 is 11.0 Å². The number of nitrogens with one attached hydrogen (secondary N) is 1. The van der Waals surface area contributed by atoms with Crippen LogP contribution in [0.2, 0.25) is 0 Å². The van der Waals surface area contributed by atoms with Crippen LogP contribution in [-0.2, 0) is 6.54 Å². The summed E-state index contributed by atoms with van der Waals surface area (Å²) in [6, 6.07) is 7.11. The largest absolute Gasteiger partial charge is 0.337 e. The fourth-order valence-corrected chi connectivity index (χ4v) is 3.32. The number of aryl methyl sites for hydroxylation is 1. The van der Waals surface area contributed by atoms with Crippen LogP contribution in [-0.4, -0.2) is 71.3 Å². The van der Waals surface area contributed by atoms with E-state index in [1.54, 1.807) is 4.57 Å². The fraction of sp³-hybridized carbons (Fsp3) is 0.556. The van der Waals surface area contributed by atoms with Crippen LogP contribution in [0.5, 0.6) is 0 Å². The fourth-order valence-electron chi connectivity index (χ4n) is 3.32. The van der Waals surface area contributed by atoms with Crippen LogP contribution in [0, 0.1) is 0 Å². The molecule has 25 heavy (non-hydrogen) atoms. The second-order valence-corrected chi connectivity index (χ2v) is 6.64. The van der Waals surface area contributed by atoms with Gasteiger partial charge in [0.15, 0.2) is 0 Å². The second kappa shape index (κ2) is 7.84. The van der Waals surface area contributed by atoms with E-state index in [1.165, 1.54) is 4.57 Å². The lowest BCUT2D eigenvalue weighted by molar-refractivity contribution is 0.155. The highest BCUT2D eigenvalue weighted by Crippen LogP contribution is 2.12. The number of hydrogen-bond donors (Lipinski definition) is 1. The molecule has 0 radical (unpaired) electrons. The molecular weight excluding hydrogens is 318 g/mol. The monoisotopic (exact) mass is 345 g/mol. The molecule has 2 heterocycles. The van der Waals surface area contributed by atoms with E-state index < -0.39 is 0 Å². The smallest absolute Gasteiger partial charge is 0.336 e. The van der Waals surface area contributed by atoms with Gasteiger partial charge >= 0.3 is 11.7 Å². The number of para-hydroxylation sites is 2. The Hall–Kier alpha value is -2.12. The molecule has 1 N–H and O–H groups in total. The second-order valence-electron chi connectivity index (χ2n) is 6.64. The first-order valence-electron chi connectivity index (χ1n) is 9.01. The molecule has 136 valence electrons. The zero-order chi connectivity index (χ0) is 17.8. The maximum absolute atomic E-state index is 12.7. The molecule has 7 nitrogen and oxygen atoms in total. The normalized spacial score (nSPS) is 16.4. The number of nitrogens with zero attached hydrogens (tertiary/aromatic N) is 4. The molecular formula is C18H27N5O2. The van der Waals surface area contributed by atoms with E-state index in [0.29, 0.717) is 18.6 Å². The standard InChI is InChI=1S/C18H27N5O2/c1-3-9-22-15-6-4-5-7-16(15)23(18(22)25)17(24)19-8-10-21-13-11-20(2)12-14-21/h4-7H,3,8-14H2,1-2H3,(H,19,24). The Morgan fingerprint density at radius 2 is 1.76 bits per heavy atom. The predicted octanol–water partition coefficient (Wildman–Crippen LogP) is 1.02. The number of amides is 1. The van der Waals surface area contributed by atoms with Gasteiger partial charge in [-0.25, -0.2) is 14.2 Å². The van der Waals surface area contributed by atoms with Crippen molar-refractivity contribution >= 4 is 17.1 Å². The molecule has 1 aliphatic rings. The van der Waals surface area contributed by atoms with Crippen LogP contribution in [0.4, 0.5) is 4.79 Å². The van der Waals surface area contributed by atoms with Crippen LogP contribution >= 0.6 is 0 Å².